The fourth-order valence-electron chi connectivity index (χ4n) is 7.09. The molecule has 47 heavy (non-hydrogen) atoms. The highest BCUT2D eigenvalue weighted by Gasteiger charge is 2.33. The number of anilines is 1. The number of carbonyl (C=O) groups excluding carboxylic acids is 1. The Morgan fingerprint density at radius 2 is 1.87 bits per heavy atom. The first-order chi connectivity index (χ1) is 22.8. The molecular weight excluding hydrogens is 592 g/mol. The number of aliphatic hydroxyl groups is 1. The van der Waals surface area contributed by atoms with Crippen LogP contribution in [0.1, 0.15) is 86.8 Å². The summed E-state index contributed by atoms with van der Waals surface area (Å²) in [4.78, 5) is 30.6. The molecule has 10 nitrogen and oxygen atoms in total. The van der Waals surface area contributed by atoms with E-state index < -0.39 is 5.97 Å². The number of aliphatic hydroxyl groups excluding tert-OH is 1. The van der Waals surface area contributed by atoms with Crippen LogP contribution in [0, 0.1) is 5.92 Å². The van der Waals surface area contributed by atoms with Gasteiger partial charge in [0.15, 0.2) is 5.96 Å². The fourth-order valence-corrected chi connectivity index (χ4v) is 7.09. The number of carboxylic acids is 1. The van der Waals surface area contributed by atoms with E-state index in [-0.39, 0.29) is 43.0 Å². The Hall–Kier alpha value is -4.15. The van der Waals surface area contributed by atoms with Gasteiger partial charge in [0.05, 0.1) is 12.6 Å². The maximum Gasteiger partial charge on any atom is 0.328 e. The van der Waals surface area contributed by atoms with Crippen molar-refractivity contribution in [1.82, 2.24) is 4.98 Å². The van der Waals surface area contributed by atoms with Crippen LogP contribution >= 0.6 is 0 Å². The van der Waals surface area contributed by atoms with Crippen molar-refractivity contribution in [2.45, 2.75) is 95.1 Å². The van der Waals surface area contributed by atoms with Crippen molar-refractivity contribution >= 4 is 34.8 Å². The number of unbranched alkanes of at least 4 members (excludes halogenated alkanes) is 3. The number of aromatic nitrogens is 1. The van der Waals surface area contributed by atoms with Gasteiger partial charge in [-0.15, -0.1) is 0 Å². The SMILES string of the molecule is NC(N)=NCC(=CC(=O)O)C(CC1CCc2cc3ccc(CC=O)cc3cc2C1CCCC(N)CCCCCCO)Nc1ccc[nH]1. The molecule has 4 unspecified atom stereocenters. The molecule has 3 aromatic rings. The minimum absolute atomic E-state index is 0.0816. The van der Waals surface area contributed by atoms with Gasteiger partial charge in [0.2, 0.25) is 0 Å². The maximum absolute atomic E-state index is 11.9. The van der Waals surface area contributed by atoms with Crippen LogP contribution < -0.4 is 22.5 Å². The lowest BCUT2D eigenvalue weighted by molar-refractivity contribution is -0.131. The topological polar surface area (TPSA) is 193 Å². The van der Waals surface area contributed by atoms with Crippen molar-refractivity contribution < 1.29 is 19.8 Å². The predicted octanol–water partition coefficient (Wildman–Crippen LogP) is 5.15. The highest BCUT2D eigenvalue weighted by molar-refractivity contribution is 5.86. The van der Waals surface area contributed by atoms with Gasteiger partial charge in [0, 0.05) is 31.3 Å². The zero-order chi connectivity index (χ0) is 33.6. The van der Waals surface area contributed by atoms with E-state index in [1.54, 1.807) is 0 Å². The second kappa shape index (κ2) is 18.3. The lowest BCUT2D eigenvalue weighted by atomic mass is 9.69. The summed E-state index contributed by atoms with van der Waals surface area (Å²) >= 11 is 0. The van der Waals surface area contributed by atoms with Crippen molar-refractivity contribution in [1.29, 1.82) is 0 Å². The van der Waals surface area contributed by atoms with E-state index in [0.29, 0.717) is 18.4 Å². The fraction of sp³-hybridized carbons (Fsp3) is 0.486. The van der Waals surface area contributed by atoms with Crippen LogP contribution in [0.2, 0.25) is 0 Å². The van der Waals surface area contributed by atoms with E-state index in [9.17, 15) is 14.7 Å². The minimum Gasteiger partial charge on any atom is -0.478 e. The Kier molecular flexibility index (Phi) is 13.9. The summed E-state index contributed by atoms with van der Waals surface area (Å²) in [6.07, 6.45) is 14.9. The number of aliphatic carboxylic acids is 1. The maximum atomic E-state index is 11.9. The number of carbonyl (C=O) groups is 2. The monoisotopic (exact) mass is 644 g/mol. The van der Waals surface area contributed by atoms with Crippen molar-refractivity contribution in [3.63, 3.8) is 0 Å². The van der Waals surface area contributed by atoms with Gasteiger partial charge in [-0.1, -0.05) is 56.0 Å². The van der Waals surface area contributed by atoms with E-state index in [1.807, 2.05) is 24.4 Å². The zero-order valence-corrected chi connectivity index (χ0v) is 27.4. The summed E-state index contributed by atoms with van der Waals surface area (Å²) < 4.78 is 0. The van der Waals surface area contributed by atoms with Crippen LogP contribution in [0.4, 0.5) is 5.82 Å². The lowest BCUT2D eigenvalue weighted by Crippen LogP contribution is -2.32. The highest BCUT2D eigenvalue weighted by Crippen LogP contribution is 2.44. The number of fused-ring (bicyclic) bond motifs is 2. The second-order valence-corrected chi connectivity index (χ2v) is 12.9. The average Bonchev–Trinajstić information content (AvgIpc) is 3.56. The Morgan fingerprint density at radius 3 is 2.60 bits per heavy atom. The second-order valence-electron chi connectivity index (χ2n) is 12.9. The van der Waals surface area contributed by atoms with Crippen LogP contribution in [0.15, 0.2) is 65.3 Å². The molecule has 1 aliphatic rings. The molecule has 10 heteroatoms. The summed E-state index contributed by atoms with van der Waals surface area (Å²) in [5.41, 5.74) is 22.2. The van der Waals surface area contributed by atoms with Gasteiger partial charge in [0.1, 0.15) is 12.1 Å². The number of hydrogen-bond donors (Lipinski definition) is 7. The number of aryl methyl sites for hydroxylation is 1. The zero-order valence-electron chi connectivity index (χ0n) is 27.4. The molecule has 0 bridgehead atoms. The number of hydrogen-bond acceptors (Lipinski definition) is 6. The van der Waals surface area contributed by atoms with E-state index in [2.05, 4.69) is 39.6 Å². The Balaban J connectivity index is 1.63. The molecule has 0 saturated heterocycles. The molecule has 0 amide bonds. The summed E-state index contributed by atoms with van der Waals surface area (Å²) in [5, 5.41) is 24.7. The molecule has 254 valence electrons. The number of rotatable bonds is 20. The molecule has 0 spiro atoms. The van der Waals surface area contributed by atoms with Gasteiger partial charge in [-0.3, -0.25) is 0 Å². The smallest absolute Gasteiger partial charge is 0.328 e. The van der Waals surface area contributed by atoms with Gasteiger partial charge in [-0.05, 0) is 102 Å². The molecule has 2 aromatic carbocycles. The van der Waals surface area contributed by atoms with Crippen molar-refractivity contribution in [2.75, 3.05) is 18.5 Å². The van der Waals surface area contributed by atoms with E-state index in [1.165, 1.54) is 22.6 Å². The molecule has 1 aliphatic carbocycles. The number of aliphatic imine (C=N–C) groups is 1. The normalized spacial score (nSPS) is 17.5. The summed E-state index contributed by atoms with van der Waals surface area (Å²) in [5.74, 6) is 0.170. The first-order valence-corrected chi connectivity index (χ1v) is 17.0. The van der Waals surface area contributed by atoms with Crippen LogP contribution in [-0.4, -0.2) is 58.6 Å². The van der Waals surface area contributed by atoms with E-state index in [0.717, 1.165) is 87.3 Å². The van der Waals surface area contributed by atoms with E-state index in [4.69, 9.17) is 22.3 Å². The lowest BCUT2D eigenvalue weighted by Gasteiger charge is -2.37. The summed E-state index contributed by atoms with van der Waals surface area (Å²) in [6.45, 7) is 0.325. The molecule has 0 saturated carbocycles. The Morgan fingerprint density at radius 1 is 1.06 bits per heavy atom. The minimum atomic E-state index is -1.04. The number of aldehydes is 1. The largest absolute Gasteiger partial charge is 0.478 e. The summed E-state index contributed by atoms with van der Waals surface area (Å²) in [6, 6.07) is 14.5. The van der Waals surface area contributed by atoms with Crippen LogP contribution in [0.25, 0.3) is 10.8 Å². The first kappa shape index (κ1) is 35.7. The molecule has 0 fully saturated rings. The Labute approximate surface area is 277 Å². The Bertz CT molecular complexity index is 1500. The third kappa shape index (κ3) is 11.0. The van der Waals surface area contributed by atoms with Crippen molar-refractivity contribution in [3.8, 4) is 0 Å². The highest BCUT2D eigenvalue weighted by atomic mass is 16.4. The molecule has 4 atom stereocenters. The molecule has 1 aromatic heterocycles. The number of nitrogens with two attached hydrogens (primary N) is 3. The molecule has 0 aliphatic heterocycles. The van der Waals surface area contributed by atoms with Gasteiger partial charge in [-0.25, -0.2) is 9.79 Å². The van der Waals surface area contributed by atoms with Gasteiger partial charge in [0.25, 0.3) is 0 Å². The molecule has 10 N–H and O–H groups in total. The van der Waals surface area contributed by atoms with Crippen LogP contribution in [0.5, 0.6) is 0 Å². The van der Waals surface area contributed by atoms with Crippen LogP contribution in [-0.2, 0) is 22.4 Å². The standard InChI is InChI=1S/C37H52N6O4/c38-31(7-3-1-2-4-17-44)8-5-9-32-28(14-13-27-20-26-12-11-25(15-18-45)19-29(26)21-33(27)32)22-34(43-35-10-6-16-41-35)30(23-36(46)47)24-42-37(39)40/h6,10-12,16,18-21,23,28,31-32,34,41,43-44H,1-5,7-9,13-15,17,22,24,38H2,(H,46,47)(H4,39,40,42). The van der Waals surface area contributed by atoms with Crippen molar-refractivity contribution in [3.05, 3.63) is 77.0 Å². The molecule has 0 radical (unpaired) electrons. The molecular formula is C37H52N6O4. The number of aromatic amines is 1. The molecule has 1 heterocycles. The number of carboxylic acid groups (broad SMARTS) is 1. The quantitative estimate of drug-likeness (QED) is 0.0288. The third-order valence-electron chi connectivity index (χ3n) is 9.47. The van der Waals surface area contributed by atoms with Gasteiger partial charge < -0.3 is 42.5 Å². The number of benzene rings is 2. The van der Waals surface area contributed by atoms with Crippen molar-refractivity contribution in [2.24, 2.45) is 28.1 Å². The van der Waals surface area contributed by atoms with Gasteiger partial charge >= 0.3 is 5.97 Å². The number of nitrogens with one attached hydrogen (secondary N) is 2. The molecule has 4 rings (SSSR count). The number of H-pyrrole nitrogens is 1. The van der Waals surface area contributed by atoms with E-state index >= 15 is 0 Å². The third-order valence-corrected chi connectivity index (χ3v) is 9.47. The number of guanidine groups is 1. The van der Waals surface area contributed by atoms with Gasteiger partial charge in [-0.2, -0.15) is 0 Å². The van der Waals surface area contributed by atoms with Crippen LogP contribution in [0.3, 0.4) is 0 Å². The summed E-state index contributed by atoms with van der Waals surface area (Å²) in [7, 11) is 0. The first-order valence-electron chi connectivity index (χ1n) is 17.0. The predicted molar refractivity (Wildman–Crippen MR) is 189 cm³/mol. The average molecular weight is 645 g/mol. The number of nitrogens with zero attached hydrogens (tertiary/aromatic N) is 1.